The van der Waals surface area contributed by atoms with Crippen molar-refractivity contribution in [2.75, 3.05) is 54.4 Å². The number of amides is 2. The summed E-state index contributed by atoms with van der Waals surface area (Å²) in [5.41, 5.74) is 2.05. The first kappa shape index (κ1) is 25.8. The van der Waals surface area contributed by atoms with Crippen LogP contribution in [0.5, 0.6) is 0 Å². The van der Waals surface area contributed by atoms with Crippen LogP contribution in [-0.4, -0.2) is 60.9 Å². The highest BCUT2D eigenvalue weighted by Crippen LogP contribution is 2.33. The molecule has 0 aromatic heterocycles. The molecule has 0 radical (unpaired) electrons. The van der Waals surface area contributed by atoms with Gasteiger partial charge in [0.05, 0.1) is 15.6 Å². The quantitative estimate of drug-likeness (QED) is 0.440. The van der Waals surface area contributed by atoms with Crippen molar-refractivity contribution in [2.24, 2.45) is 5.92 Å². The highest BCUT2D eigenvalue weighted by atomic mass is 35.5. The number of carbonyl (C=O) groups excluding carboxylic acids is 2. The first-order valence-corrected chi connectivity index (χ1v) is 12.8. The molecule has 4 rings (SSSR count). The van der Waals surface area contributed by atoms with Gasteiger partial charge >= 0.3 is 0 Å². The molecule has 1 N–H and O–H groups in total. The van der Waals surface area contributed by atoms with E-state index in [0.29, 0.717) is 42.6 Å². The van der Waals surface area contributed by atoms with Gasteiger partial charge in [-0.25, -0.2) is 0 Å². The Bertz CT molecular complexity index is 1140. The van der Waals surface area contributed by atoms with Crippen LogP contribution in [0.3, 0.4) is 0 Å². The maximum Gasteiger partial charge on any atom is 0.293 e. The predicted octanol–water partition coefficient (Wildman–Crippen LogP) is 4.80. The molecule has 2 fully saturated rings. The lowest BCUT2D eigenvalue weighted by atomic mass is 10.1. The molecule has 36 heavy (non-hydrogen) atoms. The van der Waals surface area contributed by atoms with Gasteiger partial charge in [0, 0.05) is 62.5 Å². The third kappa shape index (κ3) is 5.73. The standard InChI is InChI=1S/C26H32ClN5O4/c1-18(2)26(34)31-14-12-30(13-15-31)22-9-7-20(17-21(22)27)28-25(33)19-6-8-23(24(16-19)32(35)36)29-10-4-3-5-11-29/h6-9,16-18H,3-5,10-15H2,1-2H3,(H,28,33). The number of hydrogen-bond acceptors (Lipinski definition) is 6. The second-order valence-electron chi connectivity index (χ2n) is 9.60. The van der Waals surface area contributed by atoms with Gasteiger partial charge in [-0.05, 0) is 49.6 Å². The summed E-state index contributed by atoms with van der Waals surface area (Å²) in [5, 5.41) is 15.0. The molecule has 0 spiro atoms. The van der Waals surface area contributed by atoms with Gasteiger partial charge in [0.2, 0.25) is 5.91 Å². The van der Waals surface area contributed by atoms with Crippen LogP contribution in [0, 0.1) is 16.0 Å². The molecule has 2 saturated heterocycles. The van der Waals surface area contributed by atoms with E-state index in [9.17, 15) is 19.7 Å². The number of nitro groups is 1. The number of piperazine rings is 1. The monoisotopic (exact) mass is 513 g/mol. The molecule has 2 aliphatic heterocycles. The normalized spacial score (nSPS) is 16.3. The van der Waals surface area contributed by atoms with Crippen molar-refractivity contribution in [2.45, 2.75) is 33.1 Å². The first-order chi connectivity index (χ1) is 17.2. The van der Waals surface area contributed by atoms with Gasteiger partial charge in [0.1, 0.15) is 5.69 Å². The Morgan fingerprint density at radius 1 is 0.917 bits per heavy atom. The van der Waals surface area contributed by atoms with Crippen LogP contribution in [-0.2, 0) is 4.79 Å². The first-order valence-electron chi connectivity index (χ1n) is 12.4. The Morgan fingerprint density at radius 2 is 1.56 bits per heavy atom. The van der Waals surface area contributed by atoms with Crippen LogP contribution >= 0.6 is 11.6 Å². The van der Waals surface area contributed by atoms with Crippen molar-refractivity contribution >= 4 is 46.2 Å². The zero-order valence-corrected chi connectivity index (χ0v) is 21.5. The largest absolute Gasteiger partial charge is 0.367 e. The van der Waals surface area contributed by atoms with E-state index in [1.54, 1.807) is 24.3 Å². The fourth-order valence-electron chi connectivity index (χ4n) is 4.79. The molecule has 0 unspecified atom stereocenters. The van der Waals surface area contributed by atoms with Gasteiger partial charge in [-0.1, -0.05) is 25.4 Å². The molecule has 0 saturated carbocycles. The Balaban J connectivity index is 1.43. The van der Waals surface area contributed by atoms with Gasteiger partial charge in [0.15, 0.2) is 0 Å². The number of halogens is 1. The summed E-state index contributed by atoms with van der Waals surface area (Å²) in [6.45, 7) is 7.99. The fraction of sp³-hybridized carbons (Fsp3) is 0.462. The minimum Gasteiger partial charge on any atom is -0.367 e. The summed E-state index contributed by atoms with van der Waals surface area (Å²) < 4.78 is 0. The van der Waals surface area contributed by atoms with Crippen LogP contribution in [0.4, 0.5) is 22.7 Å². The maximum atomic E-state index is 12.9. The molecule has 9 nitrogen and oxygen atoms in total. The van der Waals surface area contributed by atoms with E-state index in [0.717, 1.165) is 38.0 Å². The fourth-order valence-corrected chi connectivity index (χ4v) is 5.09. The number of piperidine rings is 1. The maximum absolute atomic E-state index is 12.9. The molecule has 2 aliphatic rings. The highest BCUT2D eigenvalue weighted by Gasteiger charge is 2.25. The lowest BCUT2D eigenvalue weighted by Crippen LogP contribution is -2.50. The van der Waals surface area contributed by atoms with Gasteiger partial charge in [-0.15, -0.1) is 0 Å². The van der Waals surface area contributed by atoms with Crippen LogP contribution < -0.4 is 15.1 Å². The lowest BCUT2D eigenvalue weighted by Gasteiger charge is -2.37. The van der Waals surface area contributed by atoms with E-state index >= 15 is 0 Å². The molecule has 2 aromatic rings. The molecular weight excluding hydrogens is 482 g/mol. The van der Waals surface area contributed by atoms with Crippen LogP contribution in [0.2, 0.25) is 5.02 Å². The van der Waals surface area contributed by atoms with E-state index in [1.165, 1.54) is 6.07 Å². The van der Waals surface area contributed by atoms with E-state index in [2.05, 4.69) is 10.2 Å². The van der Waals surface area contributed by atoms with Crippen molar-refractivity contribution in [3.63, 3.8) is 0 Å². The number of nitrogens with one attached hydrogen (secondary N) is 1. The second kappa shape index (κ2) is 11.2. The third-order valence-electron chi connectivity index (χ3n) is 6.76. The van der Waals surface area contributed by atoms with E-state index < -0.39 is 10.8 Å². The number of nitrogens with zero attached hydrogens (tertiary/aromatic N) is 4. The zero-order chi connectivity index (χ0) is 25.8. The van der Waals surface area contributed by atoms with Crippen molar-refractivity contribution in [3.05, 3.63) is 57.1 Å². The van der Waals surface area contributed by atoms with E-state index in [-0.39, 0.29) is 23.1 Å². The zero-order valence-electron chi connectivity index (χ0n) is 20.7. The minimum atomic E-state index is -0.437. The topological polar surface area (TPSA) is 99.0 Å². The summed E-state index contributed by atoms with van der Waals surface area (Å²) in [6.07, 6.45) is 3.13. The predicted molar refractivity (Wildman–Crippen MR) is 142 cm³/mol. The Morgan fingerprint density at radius 3 is 2.17 bits per heavy atom. The highest BCUT2D eigenvalue weighted by molar-refractivity contribution is 6.33. The van der Waals surface area contributed by atoms with Crippen molar-refractivity contribution in [1.82, 2.24) is 4.90 Å². The molecule has 192 valence electrons. The average Bonchev–Trinajstić information content (AvgIpc) is 2.88. The summed E-state index contributed by atoms with van der Waals surface area (Å²) in [6, 6.07) is 9.92. The van der Waals surface area contributed by atoms with Gasteiger partial charge in [-0.2, -0.15) is 0 Å². The summed E-state index contributed by atoms with van der Waals surface area (Å²) >= 11 is 6.55. The average molecular weight is 514 g/mol. The summed E-state index contributed by atoms with van der Waals surface area (Å²) in [7, 11) is 0. The summed E-state index contributed by atoms with van der Waals surface area (Å²) in [4.78, 5) is 42.4. The number of anilines is 3. The smallest absolute Gasteiger partial charge is 0.293 e. The lowest BCUT2D eigenvalue weighted by molar-refractivity contribution is -0.384. The second-order valence-corrected chi connectivity index (χ2v) is 10.0. The Hall–Kier alpha value is -3.33. The Kier molecular flexibility index (Phi) is 7.98. The van der Waals surface area contributed by atoms with Crippen molar-refractivity contribution in [1.29, 1.82) is 0 Å². The van der Waals surface area contributed by atoms with Crippen molar-refractivity contribution in [3.8, 4) is 0 Å². The number of benzene rings is 2. The third-order valence-corrected chi connectivity index (χ3v) is 7.07. The molecular formula is C26H32ClN5O4. The number of nitro benzene ring substituents is 1. The van der Waals surface area contributed by atoms with Crippen LogP contribution in [0.1, 0.15) is 43.5 Å². The van der Waals surface area contributed by atoms with Gasteiger partial charge in [-0.3, -0.25) is 19.7 Å². The van der Waals surface area contributed by atoms with Gasteiger partial charge < -0.3 is 20.0 Å². The number of carbonyl (C=O) groups is 2. The minimum absolute atomic E-state index is 0.0227. The Labute approximate surface area is 216 Å². The molecule has 0 atom stereocenters. The summed E-state index contributed by atoms with van der Waals surface area (Å²) in [5.74, 6) is -0.304. The molecule has 0 bridgehead atoms. The van der Waals surface area contributed by atoms with Crippen LogP contribution in [0.25, 0.3) is 0 Å². The molecule has 2 amide bonds. The number of hydrogen-bond donors (Lipinski definition) is 1. The molecule has 2 aromatic carbocycles. The molecule has 2 heterocycles. The van der Waals surface area contributed by atoms with E-state index in [4.69, 9.17) is 11.6 Å². The number of rotatable bonds is 6. The van der Waals surface area contributed by atoms with E-state index in [1.807, 2.05) is 29.7 Å². The van der Waals surface area contributed by atoms with Crippen molar-refractivity contribution < 1.29 is 14.5 Å². The van der Waals surface area contributed by atoms with Crippen LogP contribution in [0.15, 0.2) is 36.4 Å². The SMILES string of the molecule is CC(C)C(=O)N1CCN(c2ccc(NC(=O)c3ccc(N4CCCCC4)c([N+](=O)[O-])c3)cc2Cl)CC1. The molecule has 10 heteroatoms. The van der Waals surface area contributed by atoms with Gasteiger partial charge in [0.25, 0.3) is 11.6 Å². The molecule has 0 aliphatic carbocycles.